The predicted octanol–water partition coefficient (Wildman–Crippen LogP) is 2.31. The second-order valence-electron chi connectivity index (χ2n) is 1.59. The van der Waals surface area contributed by atoms with Gasteiger partial charge in [-0.05, 0) is 12.1 Å². The lowest BCUT2D eigenvalue weighted by Crippen LogP contribution is -1.79. The standard InChI is InChI=1S/C6H7N.Cl2OS/c7-6-4-2-1-3-5-6;1-4(2)3/h1-5H,7H2;. The topological polar surface area (TPSA) is 43.1 Å². The number of para-hydroxylation sites is 1. The van der Waals surface area contributed by atoms with Crippen molar-refractivity contribution in [3.05, 3.63) is 30.3 Å². The van der Waals surface area contributed by atoms with Gasteiger partial charge in [-0.1, -0.05) is 18.2 Å². The van der Waals surface area contributed by atoms with Crippen LogP contribution in [0, 0.1) is 0 Å². The summed E-state index contributed by atoms with van der Waals surface area (Å²) in [7, 11) is 7.36. The first-order chi connectivity index (χ1) is 5.13. The van der Waals surface area contributed by atoms with Gasteiger partial charge in [0.25, 0.3) is 0 Å². The molecule has 0 aliphatic heterocycles. The lowest BCUT2D eigenvalue weighted by atomic mass is 10.3. The summed E-state index contributed by atoms with van der Waals surface area (Å²) in [4.78, 5) is 0. The Bertz CT molecular complexity index is 213. The molecule has 11 heavy (non-hydrogen) atoms. The van der Waals surface area contributed by atoms with Gasteiger partial charge in [-0.15, -0.1) is 0 Å². The van der Waals surface area contributed by atoms with E-state index >= 15 is 0 Å². The zero-order valence-electron chi connectivity index (χ0n) is 5.54. The van der Waals surface area contributed by atoms with Crippen molar-refractivity contribution in [2.75, 3.05) is 5.73 Å². The Kier molecular flexibility index (Phi) is 6.31. The van der Waals surface area contributed by atoms with Crippen molar-refractivity contribution in [1.29, 1.82) is 0 Å². The average Bonchev–Trinajstić information content (AvgIpc) is 1.87. The molecule has 0 heterocycles. The van der Waals surface area contributed by atoms with Gasteiger partial charge in [0.1, 0.15) is 0 Å². The van der Waals surface area contributed by atoms with Crippen LogP contribution in [0.4, 0.5) is 5.69 Å². The Morgan fingerprint density at radius 1 is 1.18 bits per heavy atom. The molecule has 62 valence electrons. The van der Waals surface area contributed by atoms with Gasteiger partial charge in [-0.25, -0.2) is 4.21 Å². The number of rotatable bonds is 0. The molecular weight excluding hydrogens is 205 g/mol. The molecule has 1 aromatic rings. The Hall–Kier alpha value is -0.250. The molecule has 1 aromatic carbocycles. The lowest BCUT2D eigenvalue weighted by Gasteiger charge is -1.83. The molecule has 2 N–H and O–H groups in total. The van der Waals surface area contributed by atoms with Gasteiger partial charge < -0.3 is 5.73 Å². The maximum atomic E-state index is 9.09. The summed E-state index contributed by atoms with van der Waals surface area (Å²) in [6, 6.07) is 9.49. The fourth-order valence-corrected chi connectivity index (χ4v) is 0.453. The van der Waals surface area contributed by atoms with E-state index in [-0.39, 0.29) is 0 Å². The molecule has 0 spiro atoms. The second-order valence-corrected chi connectivity index (χ2v) is 4.12. The van der Waals surface area contributed by atoms with E-state index in [1.165, 1.54) is 0 Å². The van der Waals surface area contributed by atoms with E-state index in [0.29, 0.717) is 0 Å². The van der Waals surface area contributed by atoms with Gasteiger partial charge in [-0.2, -0.15) is 0 Å². The van der Waals surface area contributed by atoms with Crippen molar-refractivity contribution in [1.82, 2.24) is 0 Å². The van der Waals surface area contributed by atoms with Gasteiger partial charge in [0.15, 0.2) is 0 Å². The number of hydrogen-bond acceptors (Lipinski definition) is 2. The number of nitrogen functional groups attached to an aromatic ring is 1. The molecule has 2 nitrogen and oxygen atoms in total. The highest BCUT2D eigenvalue weighted by Gasteiger charge is 1.72. The summed E-state index contributed by atoms with van der Waals surface area (Å²) in [6.45, 7) is 0. The molecule has 0 aliphatic carbocycles. The maximum Gasteiger partial charge on any atom is 0.211 e. The Morgan fingerprint density at radius 3 is 1.73 bits per heavy atom. The molecule has 0 saturated heterocycles. The molecule has 0 saturated carbocycles. The normalized spacial score (nSPS) is 8.64. The van der Waals surface area contributed by atoms with E-state index in [9.17, 15) is 0 Å². The van der Waals surface area contributed by atoms with Crippen LogP contribution < -0.4 is 5.73 Å². The van der Waals surface area contributed by atoms with E-state index in [2.05, 4.69) is 21.4 Å². The SMILES string of the molecule is Nc1ccccc1.O=S(Cl)Cl. The summed E-state index contributed by atoms with van der Waals surface area (Å²) in [6.07, 6.45) is 0. The van der Waals surface area contributed by atoms with Gasteiger partial charge in [0.2, 0.25) is 9.23 Å². The smallest absolute Gasteiger partial charge is 0.211 e. The largest absolute Gasteiger partial charge is 0.399 e. The van der Waals surface area contributed by atoms with Crippen LogP contribution in [-0.2, 0) is 9.23 Å². The van der Waals surface area contributed by atoms with Crippen molar-refractivity contribution in [3.63, 3.8) is 0 Å². The van der Waals surface area contributed by atoms with Crippen LogP contribution in [0.3, 0.4) is 0 Å². The molecule has 0 bridgehead atoms. The van der Waals surface area contributed by atoms with Gasteiger partial charge in [-0.3, -0.25) is 0 Å². The number of anilines is 1. The number of halogens is 2. The molecule has 0 unspecified atom stereocenters. The molecule has 0 amide bonds. The van der Waals surface area contributed by atoms with Crippen molar-refractivity contribution in [2.24, 2.45) is 0 Å². The Labute approximate surface area is 76.8 Å². The molecule has 5 heteroatoms. The van der Waals surface area contributed by atoms with Crippen molar-refractivity contribution in [2.45, 2.75) is 0 Å². The average molecular weight is 212 g/mol. The highest BCUT2D eigenvalue weighted by Crippen LogP contribution is 1.95. The summed E-state index contributed by atoms with van der Waals surface area (Å²) < 4.78 is 9.09. The van der Waals surface area contributed by atoms with Crippen LogP contribution in [0.15, 0.2) is 30.3 Å². The second kappa shape index (κ2) is 6.46. The molecular formula is C6H7Cl2NOS. The summed E-state index contributed by atoms with van der Waals surface area (Å²) in [5, 5.41) is 0. The first kappa shape index (κ1) is 10.8. The maximum absolute atomic E-state index is 9.09. The van der Waals surface area contributed by atoms with Crippen LogP contribution in [0.5, 0.6) is 0 Å². The fraction of sp³-hybridized carbons (Fsp3) is 0. The van der Waals surface area contributed by atoms with Crippen molar-refractivity contribution in [3.8, 4) is 0 Å². The third kappa shape index (κ3) is 9.75. The van der Waals surface area contributed by atoms with Gasteiger partial charge in [0.05, 0.1) is 0 Å². The van der Waals surface area contributed by atoms with Gasteiger partial charge in [0, 0.05) is 27.1 Å². The minimum atomic E-state index is -1.67. The number of nitrogens with two attached hydrogens (primary N) is 1. The Morgan fingerprint density at radius 2 is 1.55 bits per heavy atom. The Balaban J connectivity index is 0.000000218. The molecule has 1 rings (SSSR count). The highest BCUT2D eigenvalue weighted by atomic mass is 36.0. The van der Waals surface area contributed by atoms with E-state index in [4.69, 9.17) is 9.94 Å². The van der Waals surface area contributed by atoms with Crippen LogP contribution >= 0.6 is 21.4 Å². The first-order valence-corrected chi connectivity index (χ1v) is 5.48. The molecule has 0 fully saturated rings. The van der Waals surface area contributed by atoms with E-state index < -0.39 is 9.23 Å². The molecule has 0 aromatic heterocycles. The lowest BCUT2D eigenvalue weighted by molar-refractivity contribution is 0.698. The van der Waals surface area contributed by atoms with Crippen LogP contribution in [0.1, 0.15) is 0 Å². The zero-order valence-corrected chi connectivity index (χ0v) is 7.86. The highest BCUT2D eigenvalue weighted by molar-refractivity contribution is 8.26. The minimum Gasteiger partial charge on any atom is -0.399 e. The molecule has 0 atom stereocenters. The van der Waals surface area contributed by atoms with Crippen LogP contribution in [-0.4, -0.2) is 4.21 Å². The summed E-state index contributed by atoms with van der Waals surface area (Å²) >= 11 is 0. The predicted molar refractivity (Wildman–Crippen MR) is 50.7 cm³/mol. The summed E-state index contributed by atoms with van der Waals surface area (Å²) in [5.41, 5.74) is 6.18. The van der Waals surface area contributed by atoms with Crippen molar-refractivity contribution >= 4 is 36.3 Å². The third-order valence-corrected chi connectivity index (χ3v) is 0.800. The van der Waals surface area contributed by atoms with Crippen molar-refractivity contribution < 1.29 is 4.21 Å². The van der Waals surface area contributed by atoms with Crippen LogP contribution in [0.25, 0.3) is 0 Å². The number of benzene rings is 1. The van der Waals surface area contributed by atoms with E-state index in [1.807, 2.05) is 30.3 Å². The first-order valence-electron chi connectivity index (χ1n) is 2.67. The molecule has 0 aliphatic rings. The quantitative estimate of drug-likeness (QED) is 0.529. The monoisotopic (exact) mass is 211 g/mol. The zero-order chi connectivity index (χ0) is 8.69. The van der Waals surface area contributed by atoms with Gasteiger partial charge >= 0.3 is 0 Å². The van der Waals surface area contributed by atoms with Crippen LogP contribution in [0.2, 0.25) is 0 Å². The third-order valence-electron chi connectivity index (χ3n) is 0.800. The van der Waals surface area contributed by atoms with E-state index in [1.54, 1.807) is 0 Å². The minimum absolute atomic E-state index is 0.822. The number of hydrogen-bond donors (Lipinski definition) is 1. The molecule has 0 radical (unpaired) electrons. The fourth-order valence-electron chi connectivity index (χ4n) is 0.453. The van der Waals surface area contributed by atoms with E-state index in [0.717, 1.165) is 5.69 Å². The summed E-state index contributed by atoms with van der Waals surface area (Å²) in [5.74, 6) is 0.